The number of carbonyl (C=O) groups excluding carboxylic acids is 1. The molecule has 3 aliphatic carbocycles. The van der Waals surface area contributed by atoms with Crippen LogP contribution in [0.5, 0.6) is 5.75 Å². The van der Waals surface area contributed by atoms with Crippen LogP contribution < -0.4 is 0 Å². The zero-order chi connectivity index (χ0) is 16.4. The molecule has 2 fully saturated rings. The summed E-state index contributed by atoms with van der Waals surface area (Å²) < 4.78 is 0. The van der Waals surface area contributed by atoms with Crippen molar-refractivity contribution < 1.29 is 15.0 Å². The van der Waals surface area contributed by atoms with Crippen molar-refractivity contribution in [3.05, 3.63) is 29.3 Å². The van der Waals surface area contributed by atoms with Crippen molar-refractivity contribution in [1.82, 2.24) is 0 Å². The van der Waals surface area contributed by atoms with Crippen molar-refractivity contribution in [1.29, 1.82) is 0 Å². The van der Waals surface area contributed by atoms with E-state index in [1.165, 1.54) is 5.56 Å². The molecule has 0 radical (unpaired) electrons. The molecule has 1 aromatic carbocycles. The van der Waals surface area contributed by atoms with Crippen LogP contribution in [-0.2, 0) is 11.2 Å². The van der Waals surface area contributed by atoms with Gasteiger partial charge in [0.1, 0.15) is 11.5 Å². The number of Topliss-reactive ketones (excluding diaryl/α,β-unsaturated/α-hetero) is 1. The minimum atomic E-state index is -0.220. The molecule has 2 N–H and O–H groups in total. The Hall–Kier alpha value is -1.35. The first kappa shape index (κ1) is 15.2. The van der Waals surface area contributed by atoms with E-state index in [1.807, 2.05) is 6.07 Å². The summed E-state index contributed by atoms with van der Waals surface area (Å²) in [5.41, 5.74) is 2.45. The molecule has 2 unspecified atom stereocenters. The van der Waals surface area contributed by atoms with E-state index < -0.39 is 0 Å². The smallest absolute Gasteiger partial charge is 0.133 e. The Morgan fingerprint density at radius 1 is 1.26 bits per heavy atom. The third-order valence-corrected chi connectivity index (χ3v) is 7.24. The Kier molecular flexibility index (Phi) is 3.35. The standard InChI is InChI=1S/C20H26O3/c1-11(21)16-10-12-9-13(22)3-4-14(12)15-7-8-20(2)17(19(15)16)5-6-18(20)23/h3-4,9,15-19,22-23H,5-8,10H2,1-2H3/t15-,16?,17+,18?,19+,20+/m1/s1. The fourth-order valence-corrected chi connectivity index (χ4v) is 6.01. The van der Waals surface area contributed by atoms with E-state index in [9.17, 15) is 15.0 Å². The molecule has 0 heterocycles. The lowest BCUT2D eigenvalue weighted by Crippen LogP contribution is -2.48. The van der Waals surface area contributed by atoms with Gasteiger partial charge in [0, 0.05) is 5.92 Å². The molecule has 3 nitrogen and oxygen atoms in total. The van der Waals surface area contributed by atoms with Crippen molar-refractivity contribution in [2.45, 2.75) is 58.0 Å². The second-order valence-electron chi connectivity index (χ2n) is 8.23. The molecule has 0 amide bonds. The van der Waals surface area contributed by atoms with Crippen molar-refractivity contribution in [2.75, 3.05) is 0 Å². The van der Waals surface area contributed by atoms with Crippen LogP contribution in [0.15, 0.2) is 18.2 Å². The van der Waals surface area contributed by atoms with Gasteiger partial charge in [0.15, 0.2) is 0 Å². The van der Waals surface area contributed by atoms with Crippen LogP contribution in [0.4, 0.5) is 0 Å². The molecule has 0 spiro atoms. The van der Waals surface area contributed by atoms with Gasteiger partial charge < -0.3 is 10.2 Å². The number of benzene rings is 1. The molecule has 3 heteroatoms. The van der Waals surface area contributed by atoms with Gasteiger partial charge in [-0.2, -0.15) is 0 Å². The number of carbonyl (C=O) groups is 1. The van der Waals surface area contributed by atoms with Crippen molar-refractivity contribution in [3.8, 4) is 5.75 Å². The second kappa shape index (κ2) is 5.07. The number of hydrogen-bond donors (Lipinski definition) is 2. The minimum Gasteiger partial charge on any atom is -0.508 e. The Morgan fingerprint density at radius 3 is 2.78 bits per heavy atom. The molecule has 2 saturated carbocycles. The average Bonchev–Trinajstić information content (AvgIpc) is 2.81. The van der Waals surface area contributed by atoms with Gasteiger partial charge in [-0.05, 0) is 85.5 Å². The van der Waals surface area contributed by atoms with E-state index >= 15 is 0 Å². The summed E-state index contributed by atoms with van der Waals surface area (Å²) in [7, 11) is 0. The highest BCUT2D eigenvalue weighted by Gasteiger charge is 2.57. The molecule has 23 heavy (non-hydrogen) atoms. The average molecular weight is 314 g/mol. The summed E-state index contributed by atoms with van der Waals surface area (Å²) in [6.45, 7) is 3.95. The predicted octanol–water partition coefficient (Wildman–Crippen LogP) is 3.42. The summed E-state index contributed by atoms with van der Waals surface area (Å²) in [6, 6.07) is 5.69. The molecule has 3 aliphatic rings. The van der Waals surface area contributed by atoms with Gasteiger partial charge in [-0.25, -0.2) is 0 Å². The maximum absolute atomic E-state index is 12.4. The summed E-state index contributed by atoms with van der Waals surface area (Å²) >= 11 is 0. The van der Waals surface area contributed by atoms with E-state index in [4.69, 9.17) is 0 Å². The maximum atomic E-state index is 12.4. The zero-order valence-corrected chi connectivity index (χ0v) is 14.0. The van der Waals surface area contributed by atoms with Crippen LogP contribution >= 0.6 is 0 Å². The van der Waals surface area contributed by atoms with Crippen LogP contribution in [0.3, 0.4) is 0 Å². The topological polar surface area (TPSA) is 57.5 Å². The van der Waals surface area contributed by atoms with Crippen LogP contribution in [0.25, 0.3) is 0 Å². The molecular weight excluding hydrogens is 288 g/mol. The zero-order valence-electron chi connectivity index (χ0n) is 14.0. The second-order valence-corrected chi connectivity index (χ2v) is 8.23. The molecule has 0 aromatic heterocycles. The number of aliphatic hydroxyl groups excluding tert-OH is 1. The highest BCUT2D eigenvalue weighted by molar-refractivity contribution is 5.79. The van der Waals surface area contributed by atoms with Gasteiger partial charge in [-0.15, -0.1) is 0 Å². The number of aromatic hydroxyl groups is 1. The van der Waals surface area contributed by atoms with Gasteiger partial charge in [0.05, 0.1) is 6.10 Å². The Balaban J connectivity index is 1.81. The van der Waals surface area contributed by atoms with Gasteiger partial charge in [0.2, 0.25) is 0 Å². The molecule has 1 aromatic rings. The maximum Gasteiger partial charge on any atom is 0.133 e. The van der Waals surface area contributed by atoms with Gasteiger partial charge in [0.25, 0.3) is 0 Å². The highest BCUT2D eigenvalue weighted by atomic mass is 16.3. The molecule has 6 atom stereocenters. The normalized spacial score (nSPS) is 41.8. The quantitative estimate of drug-likeness (QED) is 0.835. The summed E-state index contributed by atoms with van der Waals surface area (Å²) in [5.74, 6) is 1.77. The minimum absolute atomic E-state index is 0.0245. The number of hydrogen-bond acceptors (Lipinski definition) is 3. The predicted molar refractivity (Wildman–Crippen MR) is 88.3 cm³/mol. The van der Waals surface area contributed by atoms with Crippen molar-refractivity contribution in [3.63, 3.8) is 0 Å². The van der Waals surface area contributed by atoms with E-state index in [0.29, 0.717) is 23.5 Å². The number of rotatable bonds is 1. The SMILES string of the molecule is CC(=O)C1Cc2cc(O)ccc2[C@H]2CC[C@]3(C)C(O)CC[C@H]3[C@H]12. The molecule has 124 valence electrons. The van der Waals surface area contributed by atoms with E-state index in [-0.39, 0.29) is 23.2 Å². The largest absolute Gasteiger partial charge is 0.508 e. The summed E-state index contributed by atoms with van der Waals surface area (Å²) in [6.07, 6.45) is 4.50. The summed E-state index contributed by atoms with van der Waals surface area (Å²) in [4.78, 5) is 12.4. The van der Waals surface area contributed by atoms with Gasteiger partial charge >= 0.3 is 0 Å². The molecule has 4 rings (SSSR count). The lowest BCUT2D eigenvalue weighted by Gasteiger charge is -2.52. The number of ketones is 1. The Labute approximate surface area is 137 Å². The lowest BCUT2D eigenvalue weighted by atomic mass is 9.52. The molecule has 0 bridgehead atoms. The first-order valence-electron chi connectivity index (χ1n) is 8.92. The molecule has 0 saturated heterocycles. The van der Waals surface area contributed by atoms with E-state index in [1.54, 1.807) is 13.0 Å². The fraction of sp³-hybridized carbons (Fsp3) is 0.650. The molecule has 0 aliphatic heterocycles. The number of phenols is 1. The van der Waals surface area contributed by atoms with Crippen LogP contribution in [0.1, 0.15) is 56.6 Å². The first-order chi connectivity index (χ1) is 10.9. The Morgan fingerprint density at radius 2 is 2.04 bits per heavy atom. The first-order valence-corrected chi connectivity index (χ1v) is 8.92. The number of aliphatic hydroxyl groups is 1. The van der Waals surface area contributed by atoms with Crippen LogP contribution in [0.2, 0.25) is 0 Å². The Bertz CT molecular complexity index is 652. The monoisotopic (exact) mass is 314 g/mol. The fourth-order valence-electron chi connectivity index (χ4n) is 6.01. The van der Waals surface area contributed by atoms with Gasteiger partial charge in [-0.1, -0.05) is 13.0 Å². The third kappa shape index (κ3) is 2.09. The van der Waals surface area contributed by atoms with Gasteiger partial charge in [-0.3, -0.25) is 4.79 Å². The molecular formula is C20H26O3. The van der Waals surface area contributed by atoms with Crippen LogP contribution in [0, 0.1) is 23.2 Å². The third-order valence-electron chi connectivity index (χ3n) is 7.24. The highest BCUT2D eigenvalue weighted by Crippen LogP contribution is 2.62. The van der Waals surface area contributed by atoms with Crippen molar-refractivity contribution >= 4 is 5.78 Å². The van der Waals surface area contributed by atoms with E-state index in [2.05, 4.69) is 13.0 Å². The summed E-state index contributed by atoms with van der Waals surface area (Å²) in [5, 5.41) is 20.3. The van der Waals surface area contributed by atoms with E-state index in [0.717, 1.165) is 37.7 Å². The van der Waals surface area contributed by atoms with Crippen LogP contribution in [-0.4, -0.2) is 22.1 Å². The van der Waals surface area contributed by atoms with Crippen molar-refractivity contribution in [2.24, 2.45) is 23.2 Å². The number of phenolic OH excluding ortho intramolecular Hbond substituents is 1. The lowest BCUT2D eigenvalue weighted by molar-refractivity contribution is -0.127. The number of fused-ring (bicyclic) bond motifs is 5.